The van der Waals surface area contributed by atoms with E-state index in [4.69, 9.17) is 10.7 Å². The number of hydrogen-bond acceptors (Lipinski definition) is 3. The van der Waals surface area contributed by atoms with Crippen LogP contribution in [0.3, 0.4) is 0 Å². The van der Waals surface area contributed by atoms with E-state index in [1.807, 2.05) is 24.3 Å². The molecule has 1 saturated carbocycles. The van der Waals surface area contributed by atoms with Crippen molar-refractivity contribution in [2.75, 3.05) is 6.26 Å². The Hall–Kier alpha value is -1.42. The molecule has 0 spiro atoms. The van der Waals surface area contributed by atoms with Crippen LogP contribution in [0.15, 0.2) is 39.7 Å². The van der Waals surface area contributed by atoms with Gasteiger partial charge in [-0.15, -0.1) is 0 Å². The van der Waals surface area contributed by atoms with E-state index in [0.717, 1.165) is 41.1 Å². The molecule has 2 rings (SSSR count). The topological polar surface area (TPSA) is 55.4 Å². The fraction of sp³-hybridized carbons (Fsp3) is 0.471. The van der Waals surface area contributed by atoms with Crippen molar-refractivity contribution in [2.24, 2.45) is 10.7 Å². The molecule has 0 radical (unpaired) electrons. The van der Waals surface area contributed by atoms with Crippen molar-refractivity contribution in [1.82, 2.24) is 0 Å². The monoisotopic (exact) mass is 304 g/mol. The van der Waals surface area contributed by atoms with Gasteiger partial charge in [0.1, 0.15) is 0 Å². The van der Waals surface area contributed by atoms with Crippen molar-refractivity contribution in [1.29, 1.82) is 0 Å². The Balaban J connectivity index is 2.45. The van der Waals surface area contributed by atoms with Crippen LogP contribution in [0.1, 0.15) is 45.1 Å². The highest BCUT2D eigenvalue weighted by molar-refractivity contribution is 7.84. The van der Waals surface area contributed by atoms with Crippen LogP contribution >= 0.6 is 0 Å². The van der Waals surface area contributed by atoms with Crippen molar-refractivity contribution >= 4 is 22.2 Å². The predicted molar refractivity (Wildman–Crippen MR) is 90.9 cm³/mol. The standard InChI is InChI=1S/C17H24N2OS/c1-12(2)19-16-10-5-4-9-15(16)17(18)13-7-6-8-14(11-13)21(3)20/h6-8,11-12H,4-5,9-10,18H2,1-3H3/b17-15-,19-16?. The highest BCUT2D eigenvalue weighted by atomic mass is 32.2. The summed E-state index contributed by atoms with van der Waals surface area (Å²) in [6.07, 6.45) is 6.02. The van der Waals surface area contributed by atoms with Crippen molar-refractivity contribution in [3.05, 3.63) is 35.4 Å². The second kappa shape index (κ2) is 7.03. The molecule has 0 saturated heterocycles. The van der Waals surface area contributed by atoms with E-state index in [9.17, 15) is 4.21 Å². The molecule has 2 N–H and O–H groups in total. The van der Waals surface area contributed by atoms with Crippen LogP contribution in [-0.2, 0) is 10.8 Å². The summed E-state index contributed by atoms with van der Waals surface area (Å²) in [7, 11) is -0.987. The lowest BCUT2D eigenvalue weighted by molar-refractivity contribution is 0.687. The second-order valence-electron chi connectivity index (χ2n) is 5.75. The minimum Gasteiger partial charge on any atom is -0.398 e. The molecular weight excluding hydrogens is 280 g/mol. The lowest BCUT2D eigenvalue weighted by atomic mass is 9.89. The Kier molecular flexibility index (Phi) is 5.34. The van der Waals surface area contributed by atoms with Gasteiger partial charge in [0.2, 0.25) is 0 Å². The molecule has 1 aliphatic carbocycles. The Bertz CT molecular complexity index is 603. The van der Waals surface area contributed by atoms with Crippen LogP contribution in [0.5, 0.6) is 0 Å². The molecule has 1 aliphatic rings. The number of rotatable bonds is 3. The first kappa shape index (κ1) is 16.0. The third kappa shape index (κ3) is 4.03. The van der Waals surface area contributed by atoms with Gasteiger partial charge >= 0.3 is 0 Å². The molecule has 0 aromatic heterocycles. The summed E-state index contributed by atoms with van der Waals surface area (Å²) < 4.78 is 11.6. The molecule has 1 unspecified atom stereocenters. The lowest BCUT2D eigenvalue weighted by Crippen LogP contribution is -2.16. The highest BCUT2D eigenvalue weighted by Crippen LogP contribution is 2.27. The smallest absolute Gasteiger partial charge is 0.0498 e. The number of allylic oxidation sites excluding steroid dienone is 1. The Morgan fingerprint density at radius 3 is 2.67 bits per heavy atom. The maximum Gasteiger partial charge on any atom is 0.0498 e. The molecule has 4 heteroatoms. The third-order valence-electron chi connectivity index (χ3n) is 3.65. The summed E-state index contributed by atoms with van der Waals surface area (Å²) in [6.45, 7) is 4.19. The van der Waals surface area contributed by atoms with Gasteiger partial charge in [-0.2, -0.15) is 0 Å². The summed E-state index contributed by atoms with van der Waals surface area (Å²) in [5.74, 6) is 0. The van der Waals surface area contributed by atoms with Crippen LogP contribution < -0.4 is 5.73 Å². The average molecular weight is 304 g/mol. The first-order valence-electron chi connectivity index (χ1n) is 7.48. The maximum atomic E-state index is 11.6. The predicted octanol–water partition coefficient (Wildman–Crippen LogP) is 3.52. The molecule has 0 amide bonds. The molecule has 0 heterocycles. The van der Waals surface area contributed by atoms with Crippen LogP contribution in [-0.4, -0.2) is 22.2 Å². The van der Waals surface area contributed by atoms with E-state index in [-0.39, 0.29) is 6.04 Å². The van der Waals surface area contributed by atoms with Crippen LogP contribution in [0.25, 0.3) is 5.70 Å². The minimum absolute atomic E-state index is 0.287. The van der Waals surface area contributed by atoms with Gasteiger partial charge in [0.15, 0.2) is 0 Å². The number of aliphatic imine (C=N–C) groups is 1. The summed E-state index contributed by atoms with van der Waals surface area (Å²) >= 11 is 0. The summed E-state index contributed by atoms with van der Waals surface area (Å²) in [5, 5.41) is 0. The van der Waals surface area contributed by atoms with E-state index in [0.29, 0.717) is 0 Å². The van der Waals surface area contributed by atoms with Gasteiger partial charge in [0, 0.05) is 39.4 Å². The van der Waals surface area contributed by atoms with E-state index >= 15 is 0 Å². The molecule has 0 aliphatic heterocycles. The van der Waals surface area contributed by atoms with Crippen LogP contribution in [0, 0.1) is 0 Å². The van der Waals surface area contributed by atoms with Gasteiger partial charge in [-0.05, 0) is 62.8 Å². The number of nitrogens with two attached hydrogens (primary N) is 1. The maximum absolute atomic E-state index is 11.6. The highest BCUT2D eigenvalue weighted by Gasteiger charge is 2.18. The van der Waals surface area contributed by atoms with Gasteiger partial charge < -0.3 is 5.73 Å². The third-order valence-corrected chi connectivity index (χ3v) is 4.57. The van der Waals surface area contributed by atoms with Gasteiger partial charge in [0.05, 0.1) is 0 Å². The molecule has 114 valence electrons. The van der Waals surface area contributed by atoms with Crippen molar-refractivity contribution in [3.63, 3.8) is 0 Å². The zero-order valence-corrected chi connectivity index (χ0v) is 13.9. The van der Waals surface area contributed by atoms with Gasteiger partial charge in [-0.3, -0.25) is 9.20 Å². The lowest BCUT2D eigenvalue weighted by Gasteiger charge is -2.21. The van der Waals surface area contributed by atoms with Gasteiger partial charge in [0.25, 0.3) is 0 Å². The van der Waals surface area contributed by atoms with Crippen molar-refractivity contribution in [2.45, 2.75) is 50.5 Å². The molecule has 1 aromatic carbocycles. The van der Waals surface area contributed by atoms with E-state index < -0.39 is 10.8 Å². The quantitative estimate of drug-likeness (QED) is 0.929. The Labute approximate surface area is 129 Å². The summed E-state index contributed by atoms with van der Waals surface area (Å²) in [4.78, 5) is 5.55. The molecule has 0 bridgehead atoms. The minimum atomic E-state index is -0.987. The van der Waals surface area contributed by atoms with Gasteiger partial charge in [-0.1, -0.05) is 12.1 Å². The molecule has 1 aromatic rings. The second-order valence-corrected chi connectivity index (χ2v) is 7.13. The Morgan fingerprint density at radius 2 is 2.00 bits per heavy atom. The molecular formula is C17H24N2OS. The fourth-order valence-corrected chi connectivity index (χ4v) is 3.21. The van der Waals surface area contributed by atoms with Crippen molar-refractivity contribution in [3.8, 4) is 0 Å². The zero-order chi connectivity index (χ0) is 15.4. The first-order chi connectivity index (χ1) is 9.99. The number of nitrogens with zero attached hydrogens (tertiary/aromatic N) is 1. The van der Waals surface area contributed by atoms with E-state index in [1.54, 1.807) is 6.26 Å². The Morgan fingerprint density at radius 1 is 1.29 bits per heavy atom. The normalized spacial score (nSPS) is 21.6. The fourth-order valence-electron chi connectivity index (χ4n) is 2.65. The number of hydrogen-bond donors (Lipinski definition) is 1. The van der Waals surface area contributed by atoms with Crippen LogP contribution in [0.4, 0.5) is 0 Å². The average Bonchev–Trinajstić information content (AvgIpc) is 2.46. The SMILES string of the molecule is CC(C)N=C1CCCC/C1=C(/N)c1cccc(S(C)=O)c1. The molecule has 1 atom stereocenters. The zero-order valence-electron chi connectivity index (χ0n) is 13.1. The first-order valence-corrected chi connectivity index (χ1v) is 9.04. The summed E-state index contributed by atoms with van der Waals surface area (Å²) in [6, 6.07) is 8.00. The summed E-state index contributed by atoms with van der Waals surface area (Å²) in [5.41, 5.74) is 10.5. The van der Waals surface area contributed by atoms with Crippen molar-refractivity contribution < 1.29 is 4.21 Å². The molecule has 21 heavy (non-hydrogen) atoms. The van der Waals surface area contributed by atoms with Gasteiger partial charge in [-0.25, -0.2) is 0 Å². The molecule has 3 nitrogen and oxygen atoms in total. The van der Waals surface area contributed by atoms with E-state index in [1.165, 1.54) is 12.0 Å². The van der Waals surface area contributed by atoms with E-state index in [2.05, 4.69) is 13.8 Å². The molecule has 1 fully saturated rings. The number of benzene rings is 1. The van der Waals surface area contributed by atoms with Crippen LogP contribution in [0.2, 0.25) is 0 Å². The largest absolute Gasteiger partial charge is 0.398 e.